The topological polar surface area (TPSA) is 81.1 Å². The van der Waals surface area contributed by atoms with Gasteiger partial charge in [-0.3, -0.25) is 0 Å². The molecule has 0 amide bonds. The van der Waals surface area contributed by atoms with Gasteiger partial charge < -0.3 is 24.2 Å². The Bertz CT molecular complexity index is 870. The zero-order valence-electron chi connectivity index (χ0n) is 15.3. The zero-order valence-corrected chi connectivity index (χ0v) is 16.0. The number of anilines is 2. The quantitative estimate of drug-likeness (QED) is 0.806. The van der Waals surface area contributed by atoms with Crippen LogP contribution < -0.4 is 9.64 Å². The van der Waals surface area contributed by atoms with Crippen LogP contribution in [0.25, 0.3) is 0 Å². The number of hydrogen-bond donors (Lipinski definition) is 1. The molecule has 3 heterocycles. The lowest BCUT2D eigenvalue weighted by molar-refractivity contribution is -0.168. The third-order valence-electron chi connectivity index (χ3n) is 4.78. The molecule has 1 fully saturated rings. The Labute approximate surface area is 167 Å². The van der Waals surface area contributed by atoms with E-state index in [2.05, 4.69) is 4.98 Å². The van der Waals surface area contributed by atoms with Gasteiger partial charge in [0.15, 0.2) is 17.9 Å². The van der Waals surface area contributed by atoms with Gasteiger partial charge in [0.2, 0.25) is 0 Å². The number of aromatic carboxylic acids is 1. The Hall–Kier alpha value is -2.35. The molecule has 1 aromatic heterocycles. The highest BCUT2D eigenvalue weighted by Crippen LogP contribution is 2.40. The number of aromatic nitrogens is 1. The van der Waals surface area contributed by atoms with E-state index in [-0.39, 0.29) is 11.9 Å². The van der Waals surface area contributed by atoms with E-state index in [4.69, 9.17) is 25.8 Å². The summed E-state index contributed by atoms with van der Waals surface area (Å²) in [4.78, 5) is 17.9. The number of carbonyl (C=O) groups is 1. The maximum Gasteiger partial charge on any atom is 0.339 e. The maximum atomic E-state index is 11.5. The van der Waals surface area contributed by atoms with Gasteiger partial charge in [-0.1, -0.05) is 17.7 Å². The van der Waals surface area contributed by atoms with Crippen molar-refractivity contribution in [2.45, 2.75) is 32.2 Å². The Kier molecular flexibility index (Phi) is 5.66. The third kappa shape index (κ3) is 3.92. The number of ether oxygens (including phenoxy) is 3. The van der Waals surface area contributed by atoms with E-state index in [9.17, 15) is 9.90 Å². The van der Waals surface area contributed by atoms with Gasteiger partial charge in [-0.15, -0.1) is 0 Å². The number of para-hydroxylation sites is 1. The van der Waals surface area contributed by atoms with E-state index in [1.165, 1.54) is 6.07 Å². The Morgan fingerprint density at radius 3 is 3.00 bits per heavy atom. The van der Waals surface area contributed by atoms with Gasteiger partial charge in [-0.05, 0) is 43.0 Å². The number of nitrogens with zero attached hydrogens (tertiary/aromatic N) is 2. The van der Waals surface area contributed by atoms with Crippen molar-refractivity contribution in [1.82, 2.24) is 4.98 Å². The lowest BCUT2D eigenvalue weighted by atomic mass is 10.1. The third-order valence-corrected chi connectivity index (χ3v) is 5.06. The van der Waals surface area contributed by atoms with Crippen LogP contribution in [0.2, 0.25) is 5.02 Å². The minimum Gasteiger partial charge on any atom is -0.489 e. The zero-order chi connectivity index (χ0) is 19.5. The lowest BCUT2D eigenvalue weighted by Gasteiger charge is -2.31. The fourth-order valence-electron chi connectivity index (χ4n) is 3.42. The summed E-state index contributed by atoms with van der Waals surface area (Å²) in [6, 6.07) is 6.83. The fourth-order valence-corrected chi connectivity index (χ4v) is 3.71. The Morgan fingerprint density at radius 1 is 1.36 bits per heavy atom. The molecular weight excluding hydrogens is 384 g/mol. The molecule has 0 saturated carbocycles. The first-order valence-corrected chi connectivity index (χ1v) is 9.65. The first-order valence-electron chi connectivity index (χ1n) is 9.28. The summed E-state index contributed by atoms with van der Waals surface area (Å²) in [5, 5.41) is 9.86. The molecule has 1 saturated heterocycles. The summed E-state index contributed by atoms with van der Waals surface area (Å²) in [5.74, 6) is -0.136. The van der Waals surface area contributed by atoms with Crippen LogP contribution in [-0.4, -0.2) is 42.1 Å². The highest BCUT2D eigenvalue weighted by molar-refractivity contribution is 6.33. The van der Waals surface area contributed by atoms with Gasteiger partial charge in [0.05, 0.1) is 23.9 Å². The van der Waals surface area contributed by atoms with Crippen LogP contribution >= 0.6 is 11.6 Å². The van der Waals surface area contributed by atoms with Crippen LogP contribution in [0.15, 0.2) is 30.5 Å². The van der Waals surface area contributed by atoms with Crippen LogP contribution in [0, 0.1) is 0 Å². The van der Waals surface area contributed by atoms with Crippen LogP contribution in [0.1, 0.15) is 35.2 Å². The number of fused-ring (bicyclic) bond motifs is 1. The molecule has 0 radical (unpaired) electrons. The van der Waals surface area contributed by atoms with Crippen molar-refractivity contribution in [3.05, 3.63) is 46.6 Å². The molecule has 28 heavy (non-hydrogen) atoms. The van der Waals surface area contributed by atoms with Crippen molar-refractivity contribution in [2.75, 3.05) is 24.7 Å². The molecule has 1 unspecified atom stereocenters. The number of benzene rings is 1. The minimum atomic E-state index is -1.03. The highest BCUT2D eigenvalue weighted by Gasteiger charge is 2.26. The largest absolute Gasteiger partial charge is 0.489 e. The predicted octanol–water partition coefficient (Wildman–Crippen LogP) is 4.01. The predicted molar refractivity (Wildman–Crippen MR) is 104 cm³/mol. The first-order chi connectivity index (χ1) is 13.6. The van der Waals surface area contributed by atoms with Gasteiger partial charge in [-0.25, -0.2) is 9.78 Å². The van der Waals surface area contributed by atoms with Crippen LogP contribution in [0.5, 0.6) is 5.75 Å². The molecule has 8 heteroatoms. The fraction of sp³-hybridized carbons (Fsp3) is 0.400. The van der Waals surface area contributed by atoms with Gasteiger partial charge in [0.1, 0.15) is 12.2 Å². The van der Waals surface area contributed by atoms with Crippen molar-refractivity contribution in [3.63, 3.8) is 0 Å². The monoisotopic (exact) mass is 404 g/mol. The Balaban J connectivity index is 1.54. The van der Waals surface area contributed by atoms with Gasteiger partial charge in [0.25, 0.3) is 0 Å². The number of carboxylic acids is 1. The average molecular weight is 405 g/mol. The summed E-state index contributed by atoms with van der Waals surface area (Å²) in [6.07, 6.45) is 4.63. The molecule has 1 aromatic carbocycles. The molecule has 2 aliphatic rings. The number of rotatable bonds is 5. The van der Waals surface area contributed by atoms with Crippen LogP contribution in [0.3, 0.4) is 0 Å². The molecule has 148 valence electrons. The molecule has 7 nitrogen and oxygen atoms in total. The normalized spacial score (nSPS) is 19.0. The summed E-state index contributed by atoms with van der Waals surface area (Å²) in [6.45, 7) is 1.98. The van der Waals surface area contributed by atoms with E-state index in [0.29, 0.717) is 42.0 Å². The first kappa shape index (κ1) is 19.0. The second-order valence-corrected chi connectivity index (χ2v) is 7.12. The lowest BCUT2D eigenvalue weighted by Crippen LogP contribution is -2.30. The Morgan fingerprint density at radius 2 is 2.25 bits per heavy atom. The number of pyridine rings is 1. The molecule has 0 bridgehead atoms. The smallest absolute Gasteiger partial charge is 0.339 e. The van der Waals surface area contributed by atoms with Gasteiger partial charge >= 0.3 is 5.97 Å². The van der Waals surface area contributed by atoms with E-state index in [1.54, 1.807) is 18.3 Å². The standard InChI is InChI=1S/C20H21ClN2O5/c21-15-10-13(12-28-17-6-1-2-8-26-17)11-22-19(15)23-7-9-27-18-14(20(24)25)4-3-5-16(18)23/h3-5,10-11,17H,1-2,6-9,12H2,(H,24,25). The van der Waals surface area contributed by atoms with Crippen molar-refractivity contribution in [3.8, 4) is 5.75 Å². The SMILES string of the molecule is O=C(O)c1cccc2c1OCCN2c1ncc(COC2CCCCO2)cc1Cl. The summed E-state index contributed by atoms with van der Waals surface area (Å²) < 4.78 is 17.0. The van der Waals surface area contributed by atoms with Crippen molar-refractivity contribution in [1.29, 1.82) is 0 Å². The van der Waals surface area contributed by atoms with Crippen molar-refractivity contribution in [2.24, 2.45) is 0 Å². The molecule has 0 spiro atoms. The number of hydrogen-bond acceptors (Lipinski definition) is 6. The van der Waals surface area contributed by atoms with E-state index in [0.717, 1.165) is 31.4 Å². The highest BCUT2D eigenvalue weighted by atomic mass is 35.5. The minimum absolute atomic E-state index is 0.121. The second kappa shape index (κ2) is 8.34. The van der Waals surface area contributed by atoms with Crippen molar-refractivity contribution >= 4 is 29.1 Å². The van der Waals surface area contributed by atoms with Crippen LogP contribution in [-0.2, 0) is 16.1 Å². The van der Waals surface area contributed by atoms with Crippen molar-refractivity contribution < 1.29 is 24.1 Å². The molecule has 2 aromatic rings. The van der Waals surface area contributed by atoms with Gasteiger partial charge in [-0.2, -0.15) is 0 Å². The van der Waals surface area contributed by atoms with Gasteiger partial charge in [0, 0.05) is 12.8 Å². The van der Waals surface area contributed by atoms with E-state index >= 15 is 0 Å². The summed E-state index contributed by atoms with van der Waals surface area (Å²) in [7, 11) is 0. The average Bonchev–Trinajstić information content (AvgIpc) is 2.72. The second-order valence-electron chi connectivity index (χ2n) is 6.72. The summed E-state index contributed by atoms with van der Waals surface area (Å²) >= 11 is 6.50. The molecule has 2 aliphatic heterocycles. The molecule has 0 aliphatic carbocycles. The van der Waals surface area contributed by atoms with Crippen LogP contribution in [0.4, 0.5) is 11.5 Å². The summed E-state index contributed by atoms with van der Waals surface area (Å²) in [5.41, 5.74) is 1.62. The molecular formula is C20H21ClN2O5. The molecule has 1 N–H and O–H groups in total. The number of carboxylic acid groups (broad SMARTS) is 1. The number of halogens is 1. The van der Waals surface area contributed by atoms with E-state index < -0.39 is 5.97 Å². The maximum absolute atomic E-state index is 11.5. The molecule has 4 rings (SSSR count). The molecule has 1 atom stereocenters. The van der Waals surface area contributed by atoms with E-state index in [1.807, 2.05) is 11.0 Å².